The Hall–Kier alpha value is -3.48. The zero-order chi connectivity index (χ0) is 21.7. The third-order valence-electron chi connectivity index (χ3n) is 5.22. The molecule has 2 aromatic carbocycles. The van der Waals surface area contributed by atoms with Gasteiger partial charge in [0, 0.05) is 17.7 Å². The number of anilines is 1. The van der Waals surface area contributed by atoms with E-state index in [0.717, 1.165) is 10.5 Å². The second-order valence-electron chi connectivity index (χ2n) is 7.54. The van der Waals surface area contributed by atoms with Gasteiger partial charge < -0.3 is 10.6 Å². The molecule has 0 aliphatic carbocycles. The van der Waals surface area contributed by atoms with E-state index >= 15 is 0 Å². The number of carbonyl (C=O) groups is 4. The van der Waals surface area contributed by atoms with E-state index in [0.29, 0.717) is 30.5 Å². The Kier molecular flexibility index (Phi) is 6.30. The summed E-state index contributed by atoms with van der Waals surface area (Å²) < 4.78 is 0. The summed E-state index contributed by atoms with van der Waals surface area (Å²) >= 11 is 0. The number of imide groups is 1. The average molecular weight is 407 g/mol. The molecule has 4 amide bonds. The third kappa shape index (κ3) is 4.74. The molecule has 1 aliphatic heterocycles. The van der Waals surface area contributed by atoms with Gasteiger partial charge in [0.2, 0.25) is 5.91 Å². The lowest BCUT2D eigenvalue weighted by atomic mass is 9.93. The molecule has 2 N–H and O–H groups in total. The van der Waals surface area contributed by atoms with Crippen molar-refractivity contribution in [2.24, 2.45) is 0 Å². The molecule has 7 nitrogen and oxygen atoms in total. The zero-order valence-electron chi connectivity index (χ0n) is 17.1. The summed E-state index contributed by atoms with van der Waals surface area (Å²) in [6.45, 7) is 3.11. The van der Waals surface area contributed by atoms with Crippen molar-refractivity contribution in [1.82, 2.24) is 10.2 Å². The van der Waals surface area contributed by atoms with Crippen LogP contribution < -0.4 is 10.6 Å². The van der Waals surface area contributed by atoms with Gasteiger partial charge in [0.15, 0.2) is 5.78 Å². The molecule has 2 aromatic rings. The van der Waals surface area contributed by atoms with Gasteiger partial charge >= 0.3 is 6.03 Å². The van der Waals surface area contributed by atoms with Crippen LogP contribution in [0, 0.1) is 0 Å². The number of hydrogen-bond acceptors (Lipinski definition) is 4. The molecular formula is C23H25N3O4. The number of urea groups is 1. The van der Waals surface area contributed by atoms with Gasteiger partial charge in [-0.1, -0.05) is 37.3 Å². The van der Waals surface area contributed by atoms with Crippen LogP contribution in [0.25, 0.3) is 0 Å². The first-order chi connectivity index (χ1) is 14.3. The normalized spacial score (nSPS) is 18.3. The van der Waals surface area contributed by atoms with Gasteiger partial charge in [0.25, 0.3) is 5.91 Å². The van der Waals surface area contributed by atoms with Crippen LogP contribution in [-0.4, -0.2) is 40.6 Å². The minimum atomic E-state index is -1.04. The van der Waals surface area contributed by atoms with Crippen LogP contribution in [0.3, 0.4) is 0 Å². The van der Waals surface area contributed by atoms with E-state index in [2.05, 4.69) is 10.6 Å². The summed E-state index contributed by atoms with van der Waals surface area (Å²) in [5.74, 6) is -0.869. The van der Waals surface area contributed by atoms with Gasteiger partial charge in [0.05, 0.1) is 6.54 Å². The van der Waals surface area contributed by atoms with E-state index in [1.165, 1.54) is 0 Å². The smallest absolute Gasteiger partial charge is 0.325 e. The van der Waals surface area contributed by atoms with Crippen LogP contribution in [0.5, 0.6) is 0 Å². The van der Waals surface area contributed by atoms with Gasteiger partial charge in [-0.15, -0.1) is 0 Å². The fraction of sp³-hybridized carbons (Fsp3) is 0.304. The van der Waals surface area contributed by atoms with Crippen molar-refractivity contribution in [2.45, 2.75) is 38.6 Å². The molecule has 0 unspecified atom stereocenters. The molecule has 30 heavy (non-hydrogen) atoms. The lowest BCUT2D eigenvalue weighted by Gasteiger charge is -2.21. The Morgan fingerprint density at radius 3 is 2.33 bits per heavy atom. The van der Waals surface area contributed by atoms with Crippen LogP contribution in [0.2, 0.25) is 0 Å². The Labute approximate surface area is 175 Å². The second-order valence-corrected chi connectivity index (χ2v) is 7.54. The fourth-order valence-electron chi connectivity index (χ4n) is 3.32. The van der Waals surface area contributed by atoms with Gasteiger partial charge in [-0.2, -0.15) is 0 Å². The first-order valence-corrected chi connectivity index (χ1v) is 9.93. The summed E-state index contributed by atoms with van der Waals surface area (Å²) in [7, 11) is 0. The second kappa shape index (κ2) is 8.90. The topological polar surface area (TPSA) is 95.6 Å². The number of carbonyl (C=O) groups excluding carboxylic acids is 4. The number of hydrogen-bond donors (Lipinski definition) is 2. The number of benzene rings is 2. The van der Waals surface area contributed by atoms with E-state index in [4.69, 9.17) is 0 Å². The van der Waals surface area contributed by atoms with Crippen LogP contribution in [-0.2, 0) is 16.0 Å². The molecule has 1 saturated heterocycles. The maximum Gasteiger partial charge on any atom is 0.325 e. The van der Waals surface area contributed by atoms with E-state index in [9.17, 15) is 19.2 Å². The molecule has 1 atom stereocenters. The van der Waals surface area contributed by atoms with Crippen LogP contribution in [0.4, 0.5) is 10.5 Å². The number of rotatable bonds is 8. The van der Waals surface area contributed by atoms with Crippen LogP contribution in [0.15, 0.2) is 54.6 Å². The summed E-state index contributed by atoms with van der Waals surface area (Å²) in [4.78, 5) is 50.3. The average Bonchev–Trinajstić information content (AvgIpc) is 2.96. The highest BCUT2D eigenvalue weighted by atomic mass is 16.2. The van der Waals surface area contributed by atoms with Crippen molar-refractivity contribution in [1.29, 1.82) is 0 Å². The Bertz CT molecular complexity index is 956. The van der Waals surface area contributed by atoms with E-state index < -0.39 is 17.5 Å². The van der Waals surface area contributed by atoms with Crippen LogP contribution in [0.1, 0.15) is 42.6 Å². The number of nitrogens with one attached hydrogen (secondary N) is 2. The maximum atomic E-state index is 12.9. The zero-order valence-corrected chi connectivity index (χ0v) is 17.1. The molecule has 3 rings (SSSR count). The summed E-state index contributed by atoms with van der Waals surface area (Å²) in [5.41, 5.74) is 0.983. The predicted molar refractivity (Wildman–Crippen MR) is 113 cm³/mol. The summed E-state index contributed by atoms with van der Waals surface area (Å²) in [5, 5.41) is 5.44. The van der Waals surface area contributed by atoms with Gasteiger partial charge in [-0.05, 0) is 49.6 Å². The van der Waals surface area contributed by atoms with Crippen LogP contribution >= 0.6 is 0 Å². The monoisotopic (exact) mass is 407 g/mol. The lowest BCUT2D eigenvalue weighted by molar-refractivity contribution is -0.130. The standard InChI is InChI=1S/C23H25N3O4/c1-3-20(28)24-18-11-9-17(10-12-18)19(27)15-26-21(29)23(2,25-22(26)30)14-13-16-7-5-4-6-8-16/h4-12H,3,13-15H2,1-2H3,(H,24,28)(H,25,30)/t23-/m1/s1. The third-order valence-corrected chi connectivity index (χ3v) is 5.22. The Morgan fingerprint density at radius 2 is 1.70 bits per heavy atom. The van der Waals surface area contributed by atoms with Gasteiger partial charge in [0.1, 0.15) is 5.54 Å². The molecule has 0 saturated carbocycles. The quantitative estimate of drug-likeness (QED) is 0.519. The first kappa shape index (κ1) is 21.2. The molecule has 0 radical (unpaired) electrons. The summed E-state index contributed by atoms with van der Waals surface area (Å²) in [6.07, 6.45) is 1.43. The summed E-state index contributed by atoms with van der Waals surface area (Å²) in [6, 6.07) is 15.5. The highest BCUT2D eigenvalue weighted by Gasteiger charge is 2.47. The lowest BCUT2D eigenvalue weighted by Crippen LogP contribution is -2.44. The fourth-order valence-corrected chi connectivity index (χ4v) is 3.32. The van der Waals surface area contributed by atoms with Gasteiger partial charge in [-0.25, -0.2) is 4.79 Å². The molecule has 0 bridgehead atoms. The first-order valence-electron chi connectivity index (χ1n) is 9.93. The van der Waals surface area contributed by atoms with Crippen molar-refractivity contribution >= 4 is 29.3 Å². The molecule has 0 spiro atoms. The van der Waals surface area contributed by atoms with Crippen molar-refractivity contribution in [2.75, 3.05) is 11.9 Å². The highest BCUT2D eigenvalue weighted by Crippen LogP contribution is 2.24. The maximum absolute atomic E-state index is 12.9. The van der Waals surface area contributed by atoms with E-state index in [1.807, 2.05) is 30.3 Å². The molecular weight excluding hydrogens is 382 g/mol. The largest absolute Gasteiger partial charge is 0.326 e. The van der Waals surface area contributed by atoms with E-state index in [-0.39, 0.29) is 18.2 Å². The van der Waals surface area contributed by atoms with Gasteiger partial charge in [-0.3, -0.25) is 19.3 Å². The SMILES string of the molecule is CCC(=O)Nc1ccc(C(=O)CN2C(=O)N[C@](C)(CCc3ccccc3)C2=O)cc1. The molecule has 156 valence electrons. The molecule has 7 heteroatoms. The minimum Gasteiger partial charge on any atom is -0.326 e. The number of aryl methyl sites for hydroxylation is 1. The van der Waals surface area contributed by atoms with E-state index in [1.54, 1.807) is 38.1 Å². The molecule has 0 aromatic heterocycles. The molecule has 1 aliphatic rings. The Morgan fingerprint density at radius 1 is 1.03 bits per heavy atom. The Balaban J connectivity index is 1.63. The number of ketones is 1. The van der Waals surface area contributed by atoms with Crippen molar-refractivity contribution in [3.63, 3.8) is 0 Å². The molecule has 1 heterocycles. The van der Waals surface area contributed by atoms with Crippen molar-refractivity contribution in [3.05, 3.63) is 65.7 Å². The predicted octanol–water partition coefficient (Wildman–Crippen LogP) is 3.16. The van der Waals surface area contributed by atoms with Crippen molar-refractivity contribution < 1.29 is 19.2 Å². The minimum absolute atomic E-state index is 0.122. The highest BCUT2D eigenvalue weighted by molar-refractivity contribution is 6.11. The molecule has 1 fully saturated rings. The van der Waals surface area contributed by atoms with Crippen molar-refractivity contribution in [3.8, 4) is 0 Å². The number of nitrogens with zero attached hydrogens (tertiary/aromatic N) is 1. The number of Topliss-reactive ketones (excluding diaryl/α,β-unsaturated/α-hetero) is 1. The number of amides is 4.